The number of sulfonamides is 1. The molecule has 0 spiro atoms. The molecule has 1 aliphatic rings. The van der Waals surface area contributed by atoms with E-state index in [0.717, 1.165) is 12.0 Å². The van der Waals surface area contributed by atoms with E-state index in [1.165, 1.54) is 19.1 Å². The molecule has 0 aromatic heterocycles. The summed E-state index contributed by atoms with van der Waals surface area (Å²) in [6, 6.07) is 11.8. The summed E-state index contributed by atoms with van der Waals surface area (Å²) in [6.07, 6.45) is 0.737. The Balaban J connectivity index is 1.93. The van der Waals surface area contributed by atoms with Crippen LogP contribution in [0.5, 0.6) is 5.75 Å². The molecule has 0 radical (unpaired) electrons. The van der Waals surface area contributed by atoms with Crippen molar-refractivity contribution in [3.8, 4) is 5.75 Å². The van der Waals surface area contributed by atoms with Crippen molar-refractivity contribution in [1.29, 1.82) is 0 Å². The maximum atomic E-state index is 12.7. The van der Waals surface area contributed by atoms with Crippen molar-refractivity contribution in [2.75, 3.05) is 16.2 Å². The highest BCUT2D eigenvalue weighted by atomic mass is 32.2. The standard InChI is InChI=1S/C19H22N2O4S/c1-4-15-5-7-16(8-6-15)20-26(23,24)17-9-10-19-18(11-17)21(14(3)22)12-13(2)25-19/h5-11,13,20H,4,12H2,1-3H3. The van der Waals surface area contributed by atoms with E-state index in [2.05, 4.69) is 4.72 Å². The fraction of sp³-hybridized carbons (Fsp3) is 0.316. The molecule has 26 heavy (non-hydrogen) atoms. The molecule has 0 saturated carbocycles. The van der Waals surface area contributed by atoms with Gasteiger partial charge in [0.05, 0.1) is 17.1 Å². The molecule has 1 atom stereocenters. The Hall–Kier alpha value is -2.54. The molecular weight excluding hydrogens is 352 g/mol. The third-order valence-electron chi connectivity index (χ3n) is 4.29. The van der Waals surface area contributed by atoms with Crippen LogP contribution < -0.4 is 14.4 Å². The summed E-state index contributed by atoms with van der Waals surface area (Å²) >= 11 is 0. The summed E-state index contributed by atoms with van der Waals surface area (Å²) in [5, 5.41) is 0. The number of benzene rings is 2. The number of aryl methyl sites for hydroxylation is 1. The van der Waals surface area contributed by atoms with Crippen LogP contribution in [0.25, 0.3) is 0 Å². The molecule has 0 aliphatic carbocycles. The first-order chi connectivity index (χ1) is 12.3. The molecule has 7 heteroatoms. The molecule has 0 saturated heterocycles. The molecule has 2 aromatic carbocycles. The summed E-state index contributed by atoms with van der Waals surface area (Å²) in [4.78, 5) is 13.5. The lowest BCUT2D eigenvalue weighted by molar-refractivity contribution is -0.117. The van der Waals surface area contributed by atoms with E-state index >= 15 is 0 Å². The van der Waals surface area contributed by atoms with Gasteiger partial charge < -0.3 is 9.64 Å². The van der Waals surface area contributed by atoms with Crippen LogP contribution in [0, 0.1) is 0 Å². The molecule has 0 fully saturated rings. The average molecular weight is 374 g/mol. The largest absolute Gasteiger partial charge is 0.487 e. The van der Waals surface area contributed by atoms with E-state index in [1.54, 1.807) is 23.1 Å². The molecule has 1 amide bonds. The summed E-state index contributed by atoms with van der Waals surface area (Å²) in [5.74, 6) is 0.351. The van der Waals surface area contributed by atoms with Crippen LogP contribution in [0.3, 0.4) is 0 Å². The number of nitrogens with zero attached hydrogens (tertiary/aromatic N) is 1. The van der Waals surface area contributed by atoms with E-state index in [4.69, 9.17) is 4.74 Å². The van der Waals surface area contributed by atoms with E-state index < -0.39 is 10.0 Å². The predicted molar refractivity (Wildman–Crippen MR) is 101 cm³/mol. The number of nitrogens with one attached hydrogen (secondary N) is 1. The maximum Gasteiger partial charge on any atom is 0.261 e. The number of carbonyl (C=O) groups is 1. The van der Waals surface area contributed by atoms with Crippen LogP contribution in [0.2, 0.25) is 0 Å². The van der Waals surface area contributed by atoms with Crippen molar-refractivity contribution in [1.82, 2.24) is 0 Å². The normalized spacial score (nSPS) is 16.6. The fourth-order valence-corrected chi connectivity index (χ4v) is 3.98. The number of fused-ring (bicyclic) bond motifs is 1. The first-order valence-corrected chi connectivity index (χ1v) is 9.99. The van der Waals surface area contributed by atoms with Crippen LogP contribution >= 0.6 is 0 Å². The Morgan fingerprint density at radius 1 is 1.23 bits per heavy atom. The van der Waals surface area contributed by atoms with Gasteiger partial charge in [0.1, 0.15) is 11.9 Å². The number of rotatable bonds is 4. The highest BCUT2D eigenvalue weighted by molar-refractivity contribution is 7.92. The van der Waals surface area contributed by atoms with Crippen molar-refractivity contribution in [2.24, 2.45) is 0 Å². The zero-order chi connectivity index (χ0) is 18.9. The Kier molecular flexibility index (Phi) is 4.91. The van der Waals surface area contributed by atoms with Gasteiger partial charge >= 0.3 is 0 Å². The monoisotopic (exact) mass is 374 g/mol. The number of carbonyl (C=O) groups excluding carboxylic acids is 1. The molecule has 1 heterocycles. The van der Waals surface area contributed by atoms with E-state index in [0.29, 0.717) is 23.7 Å². The van der Waals surface area contributed by atoms with Gasteiger partial charge in [0.2, 0.25) is 5.91 Å². The smallest absolute Gasteiger partial charge is 0.261 e. The molecule has 1 N–H and O–H groups in total. The van der Waals surface area contributed by atoms with Crippen LogP contribution in [0.4, 0.5) is 11.4 Å². The minimum atomic E-state index is -3.77. The molecule has 3 rings (SSSR count). The second kappa shape index (κ2) is 6.99. The van der Waals surface area contributed by atoms with Crippen LogP contribution in [-0.2, 0) is 21.2 Å². The Bertz CT molecular complexity index is 923. The highest BCUT2D eigenvalue weighted by Crippen LogP contribution is 2.35. The molecule has 1 aliphatic heterocycles. The lowest BCUT2D eigenvalue weighted by Crippen LogP contribution is -2.41. The SMILES string of the molecule is CCc1ccc(NS(=O)(=O)c2ccc3c(c2)N(C(C)=O)CC(C)O3)cc1. The summed E-state index contributed by atoms with van der Waals surface area (Å²) in [7, 11) is -3.77. The first kappa shape index (κ1) is 18.3. The number of ether oxygens (including phenoxy) is 1. The van der Waals surface area contributed by atoms with Crippen molar-refractivity contribution < 1.29 is 17.9 Å². The van der Waals surface area contributed by atoms with Gasteiger partial charge in [-0.3, -0.25) is 9.52 Å². The minimum Gasteiger partial charge on any atom is -0.487 e. The summed E-state index contributed by atoms with van der Waals surface area (Å²) in [5.41, 5.74) is 2.10. The van der Waals surface area contributed by atoms with E-state index in [1.807, 2.05) is 26.0 Å². The maximum absolute atomic E-state index is 12.7. The molecule has 0 bridgehead atoms. The van der Waals surface area contributed by atoms with E-state index in [-0.39, 0.29) is 16.9 Å². The van der Waals surface area contributed by atoms with Gasteiger partial charge in [0.25, 0.3) is 10.0 Å². The van der Waals surface area contributed by atoms with Gasteiger partial charge in [-0.05, 0) is 49.2 Å². The molecule has 138 valence electrons. The number of amides is 1. The van der Waals surface area contributed by atoms with Gasteiger partial charge in [-0.15, -0.1) is 0 Å². The van der Waals surface area contributed by atoms with Gasteiger partial charge in [-0.2, -0.15) is 0 Å². The number of anilines is 2. The molecule has 2 aromatic rings. The highest BCUT2D eigenvalue weighted by Gasteiger charge is 2.27. The lowest BCUT2D eigenvalue weighted by atomic mass is 10.2. The van der Waals surface area contributed by atoms with Crippen molar-refractivity contribution in [3.05, 3.63) is 48.0 Å². The first-order valence-electron chi connectivity index (χ1n) is 8.50. The fourth-order valence-electron chi connectivity index (χ4n) is 2.91. The Morgan fingerprint density at radius 3 is 2.54 bits per heavy atom. The topological polar surface area (TPSA) is 75.7 Å². The Labute approximate surface area is 153 Å². The minimum absolute atomic E-state index is 0.0835. The van der Waals surface area contributed by atoms with Gasteiger partial charge in [0, 0.05) is 12.6 Å². The van der Waals surface area contributed by atoms with Crippen LogP contribution in [0.15, 0.2) is 47.4 Å². The number of hydrogen-bond acceptors (Lipinski definition) is 4. The second-order valence-corrected chi connectivity index (χ2v) is 8.03. The van der Waals surface area contributed by atoms with Gasteiger partial charge in [0.15, 0.2) is 0 Å². The zero-order valence-electron chi connectivity index (χ0n) is 15.0. The zero-order valence-corrected chi connectivity index (χ0v) is 15.8. The molecule has 1 unspecified atom stereocenters. The summed E-state index contributed by atoms with van der Waals surface area (Å²) in [6.45, 7) is 5.75. The van der Waals surface area contributed by atoms with Crippen molar-refractivity contribution in [3.63, 3.8) is 0 Å². The van der Waals surface area contributed by atoms with Gasteiger partial charge in [-0.1, -0.05) is 19.1 Å². The third-order valence-corrected chi connectivity index (χ3v) is 5.67. The average Bonchev–Trinajstić information content (AvgIpc) is 2.60. The quantitative estimate of drug-likeness (QED) is 0.892. The van der Waals surface area contributed by atoms with Crippen LogP contribution in [0.1, 0.15) is 26.3 Å². The molecular formula is C19H22N2O4S. The predicted octanol–water partition coefficient (Wildman–Crippen LogP) is 3.18. The summed E-state index contributed by atoms with van der Waals surface area (Å²) < 4.78 is 33.7. The van der Waals surface area contributed by atoms with Gasteiger partial charge in [-0.25, -0.2) is 8.42 Å². The third kappa shape index (κ3) is 3.67. The number of hydrogen-bond donors (Lipinski definition) is 1. The van der Waals surface area contributed by atoms with Crippen molar-refractivity contribution >= 4 is 27.3 Å². The second-order valence-electron chi connectivity index (χ2n) is 6.34. The van der Waals surface area contributed by atoms with E-state index in [9.17, 15) is 13.2 Å². The van der Waals surface area contributed by atoms with Crippen molar-refractivity contribution in [2.45, 2.75) is 38.2 Å². The lowest BCUT2D eigenvalue weighted by Gasteiger charge is -2.33. The Morgan fingerprint density at radius 2 is 1.92 bits per heavy atom. The molecule has 6 nitrogen and oxygen atoms in total. The van der Waals surface area contributed by atoms with Crippen LogP contribution in [-0.4, -0.2) is 27.0 Å².